The van der Waals surface area contributed by atoms with Crippen LogP contribution in [-0.4, -0.2) is 26.2 Å². The maximum absolute atomic E-state index is 13.1. The Balaban J connectivity index is 1.86. The molecule has 1 radical (unpaired) electrons. The van der Waals surface area contributed by atoms with Crippen molar-refractivity contribution in [3.8, 4) is 11.5 Å². The summed E-state index contributed by atoms with van der Waals surface area (Å²) < 4.78 is 10.7. The Morgan fingerprint density at radius 1 is 1.00 bits per heavy atom. The third-order valence-corrected chi connectivity index (χ3v) is 5.64. The molecule has 0 aliphatic heterocycles. The summed E-state index contributed by atoms with van der Waals surface area (Å²) >= 11 is 6.23. The Hall–Kier alpha value is -2.97. The largest absolute Gasteiger partial charge is 0.493 e. The minimum absolute atomic E-state index is 0.207. The number of rotatable bonds is 7. The summed E-state index contributed by atoms with van der Waals surface area (Å²) in [5.74, 6) is 0.442. The Morgan fingerprint density at radius 2 is 1.69 bits per heavy atom. The molecule has 9 heteroatoms. The number of anilines is 2. The topological polar surface area (TPSA) is 115 Å². The standard InChI is InChI=1S/C23H28ClN4O4/c1-31-19-11-16(22(29)26-15-8-4-3-5-9-15)18(12-20(19)32-2)27-23(30)28-21-14(13-25)7-6-10-17(21)24/h6-7,10-12H,3-5,8-9,13,25H2,1-2H3,(H,26,29)(H2,27,28,30). The van der Waals surface area contributed by atoms with Crippen molar-refractivity contribution in [1.29, 1.82) is 0 Å². The highest BCUT2D eigenvalue weighted by molar-refractivity contribution is 6.34. The number of methoxy groups -OCH3 is 2. The Morgan fingerprint density at radius 3 is 2.34 bits per heavy atom. The molecule has 0 aromatic heterocycles. The average Bonchev–Trinajstić information content (AvgIpc) is 2.80. The van der Waals surface area contributed by atoms with Gasteiger partial charge < -0.3 is 31.2 Å². The van der Waals surface area contributed by atoms with Crippen LogP contribution in [0.15, 0.2) is 30.3 Å². The van der Waals surface area contributed by atoms with E-state index in [0.29, 0.717) is 27.8 Å². The second-order valence-corrected chi connectivity index (χ2v) is 7.84. The second kappa shape index (κ2) is 11.1. The SMILES string of the molecule is COc1cc(NC(=O)Nc2c(Cl)cccc2CN)c(C(=O)N[C]2CCCCC2)cc1OC. The Bertz CT molecular complexity index is 977. The summed E-state index contributed by atoms with van der Waals surface area (Å²) in [4.78, 5) is 25.8. The lowest BCUT2D eigenvalue weighted by molar-refractivity contribution is 0.0951. The number of nitrogens with two attached hydrogens (primary N) is 1. The van der Waals surface area contributed by atoms with E-state index in [9.17, 15) is 9.59 Å². The van der Waals surface area contributed by atoms with E-state index in [1.165, 1.54) is 14.2 Å². The lowest BCUT2D eigenvalue weighted by atomic mass is 9.95. The number of hydrogen-bond acceptors (Lipinski definition) is 5. The van der Waals surface area contributed by atoms with Crippen molar-refractivity contribution < 1.29 is 19.1 Å². The van der Waals surface area contributed by atoms with E-state index >= 15 is 0 Å². The number of benzene rings is 2. The van der Waals surface area contributed by atoms with Crippen LogP contribution in [0.25, 0.3) is 0 Å². The molecule has 8 nitrogen and oxygen atoms in total. The first kappa shape index (κ1) is 23.7. The van der Waals surface area contributed by atoms with Crippen LogP contribution < -0.4 is 31.2 Å². The Kier molecular flexibility index (Phi) is 8.19. The number of hydrogen-bond donors (Lipinski definition) is 4. The van der Waals surface area contributed by atoms with E-state index in [2.05, 4.69) is 16.0 Å². The molecule has 32 heavy (non-hydrogen) atoms. The number of para-hydroxylation sites is 1. The van der Waals surface area contributed by atoms with Gasteiger partial charge in [0, 0.05) is 12.6 Å². The number of urea groups is 1. The molecule has 0 heterocycles. The molecule has 1 fully saturated rings. The van der Waals surface area contributed by atoms with Crippen molar-refractivity contribution in [1.82, 2.24) is 5.32 Å². The summed E-state index contributed by atoms with van der Waals surface area (Å²) in [5, 5.41) is 8.80. The second-order valence-electron chi connectivity index (χ2n) is 7.43. The van der Waals surface area contributed by atoms with E-state index in [1.807, 2.05) is 0 Å². The molecule has 5 N–H and O–H groups in total. The normalized spacial score (nSPS) is 13.9. The van der Waals surface area contributed by atoms with Gasteiger partial charge in [0.1, 0.15) is 0 Å². The lowest BCUT2D eigenvalue weighted by Gasteiger charge is -2.23. The molecular formula is C23H28ClN4O4. The van der Waals surface area contributed by atoms with Crippen LogP contribution in [0.1, 0.15) is 48.0 Å². The number of carbonyl (C=O) groups excluding carboxylic acids is 2. The maximum atomic E-state index is 13.1. The summed E-state index contributed by atoms with van der Waals surface area (Å²) in [6, 6.07) is 8.72. The number of nitrogens with one attached hydrogen (secondary N) is 3. The van der Waals surface area contributed by atoms with Crippen LogP contribution in [0.4, 0.5) is 16.2 Å². The van der Waals surface area contributed by atoms with Gasteiger partial charge in [-0.1, -0.05) is 43.0 Å². The summed E-state index contributed by atoms with van der Waals surface area (Å²) in [6.07, 6.45) is 4.98. The van der Waals surface area contributed by atoms with E-state index in [1.54, 1.807) is 30.3 Å². The zero-order valence-corrected chi connectivity index (χ0v) is 19.0. The van der Waals surface area contributed by atoms with E-state index < -0.39 is 6.03 Å². The minimum atomic E-state index is -0.570. The molecule has 1 aliphatic carbocycles. The van der Waals surface area contributed by atoms with Crippen molar-refractivity contribution in [3.63, 3.8) is 0 Å². The van der Waals surface area contributed by atoms with Gasteiger partial charge in [0.2, 0.25) is 0 Å². The van der Waals surface area contributed by atoms with Gasteiger partial charge in [0.05, 0.1) is 42.2 Å². The highest BCUT2D eigenvalue weighted by Crippen LogP contribution is 2.34. The number of carbonyl (C=O) groups is 2. The van der Waals surface area contributed by atoms with Crippen molar-refractivity contribution in [3.05, 3.63) is 52.5 Å². The third kappa shape index (κ3) is 5.63. The first-order valence-electron chi connectivity index (χ1n) is 10.4. The molecule has 0 saturated heterocycles. The first-order valence-corrected chi connectivity index (χ1v) is 10.8. The van der Waals surface area contributed by atoms with Crippen LogP contribution in [0.5, 0.6) is 11.5 Å². The molecular weight excluding hydrogens is 432 g/mol. The lowest BCUT2D eigenvalue weighted by Crippen LogP contribution is -2.31. The highest BCUT2D eigenvalue weighted by atomic mass is 35.5. The van der Waals surface area contributed by atoms with Crippen LogP contribution in [0.2, 0.25) is 5.02 Å². The van der Waals surface area contributed by atoms with Gasteiger partial charge in [-0.3, -0.25) is 4.79 Å². The van der Waals surface area contributed by atoms with Crippen LogP contribution in [0.3, 0.4) is 0 Å². The Labute approximate surface area is 192 Å². The number of halogens is 1. The van der Waals surface area contributed by atoms with Gasteiger partial charge in [-0.15, -0.1) is 0 Å². The zero-order chi connectivity index (χ0) is 23.1. The minimum Gasteiger partial charge on any atom is -0.493 e. The predicted molar refractivity (Wildman–Crippen MR) is 125 cm³/mol. The molecule has 2 aromatic carbocycles. The zero-order valence-electron chi connectivity index (χ0n) is 18.2. The fraction of sp³-hybridized carbons (Fsp3) is 0.348. The summed E-state index contributed by atoms with van der Waals surface area (Å²) in [5.41, 5.74) is 7.39. The molecule has 1 saturated carbocycles. The van der Waals surface area contributed by atoms with Gasteiger partial charge in [0.15, 0.2) is 11.5 Å². The maximum Gasteiger partial charge on any atom is 0.323 e. The van der Waals surface area contributed by atoms with Crippen LogP contribution >= 0.6 is 11.6 Å². The van der Waals surface area contributed by atoms with Crippen molar-refractivity contribution in [2.75, 3.05) is 24.9 Å². The monoisotopic (exact) mass is 459 g/mol. The smallest absolute Gasteiger partial charge is 0.323 e. The van der Waals surface area contributed by atoms with Crippen molar-refractivity contribution >= 4 is 34.9 Å². The van der Waals surface area contributed by atoms with Crippen molar-refractivity contribution in [2.24, 2.45) is 5.73 Å². The fourth-order valence-corrected chi connectivity index (χ4v) is 3.89. The molecule has 2 aromatic rings. The summed E-state index contributed by atoms with van der Waals surface area (Å²) in [7, 11) is 2.97. The predicted octanol–water partition coefficient (Wildman–Crippen LogP) is 4.69. The van der Waals surface area contributed by atoms with Gasteiger partial charge in [-0.2, -0.15) is 0 Å². The van der Waals surface area contributed by atoms with Gasteiger partial charge in [-0.25, -0.2) is 4.79 Å². The molecule has 3 rings (SSSR count). The number of amides is 3. The summed E-state index contributed by atoms with van der Waals surface area (Å²) in [6.45, 7) is 0.207. The molecule has 0 bridgehead atoms. The third-order valence-electron chi connectivity index (χ3n) is 5.32. The first-order chi connectivity index (χ1) is 15.5. The average molecular weight is 460 g/mol. The quantitative estimate of drug-likeness (QED) is 0.479. The molecule has 0 spiro atoms. The highest BCUT2D eigenvalue weighted by Gasteiger charge is 2.23. The number of ether oxygens (including phenoxy) is 2. The van der Waals surface area contributed by atoms with Gasteiger partial charge in [-0.05, 0) is 30.5 Å². The van der Waals surface area contributed by atoms with E-state index in [-0.39, 0.29) is 23.7 Å². The van der Waals surface area contributed by atoms with Gasteiger partial charge >= 0.3 is 6.03 Å². The molecule has 171 valence electrons. The van der Waals surface area contributed by atoms with E-state index in [4.69, 9.17) is 26.8 Å². The van der Waals surface area contributed by atoms with E-state index in [0.717, 1.165) is 38.1 Å². The van der Waals surface area contributed by atoms with Crippen molar-refractivity contribution in [2.45, 2.75) is 38.6 Å². The molecule has 3 amide bonds. The molecule has 0 unspecified atom stereocenters. The molecule has 1 aliphatic rings. The van der Waals surface area contributed by atoms with Crippen LogP contribution in [0, 0.1) is 6.04 Å². The molecule has 0 atom stereocenters. The fourth-order valence-electron chi connectivity index (χ4n) is 3.65. The van der Waals surface area contributed by atoms with Gasteiger partial charge in [0.25, 0.3) is 5.91 Å². The van der Waals surface area contributed by atoms with Crippen LogP contribution in [-0.2, 0) is 6.54 Å².